The maximum absolute atomic E-state index is 14.2. The van der Waals surface area contributed by atoms with E-state index in [4.69, 9.17) is 4.98 Å². The monoisotopic (exact) mass is 641 g/mol. The summed E-state index contributed by atoms with van der Waals surface area (Å²) in [5.41, 5.74) is 5.26. The number of fused-ring (bicyclic) bond motifs is 5. The molecule has 5 aliphatic rings. The lowest BCUT2D eigenvalue weighted by Gasteiger charge is -2.52. The van der Waals surface area contributed by atoms with E-state index in [0.29, 0.717) is 53.1 Å². The Balaban J connectivity index is 0.960. The van der Waals surface area contributed by atoms with Crippen molar-refractivity contribution in [3.05, 3.63) is 84.2 Å². The average Bonchev–Trinajstić information content (AvgIpc) is 3.39. The van der Waals surface area contributed by atoms with E-state index >= 15 is 0 Å². The standard InChI is InChI=1S/C39H43N7O2/c1-25-22-30-28-11-10-26-23-27(47)12-14-38(26,2)29(28)13-15-39(30,3)34(25)33(48)24-45-18-20-46(21-19-45)37-42-35(31-8-4-6-16-40-31)36(43-44-37)32-9-5-7-17-41-32/h4-9,12-14,16-17,23,25,28,30,34H,10-11,15,18-22,24H2,1-3H3/t25-,28-,30+,34-,38+,39+/m1/s1. The van der Waals surface area contributed by atoms with Crippen LogP contribution in [0.25, 0.3) is 22.8 Å². The Kier molecular flexibility index (Phi) is 7.70. The molecule has 0 amide bonds. The van der Waals surface area contributed by atoms with Crippen molar-refractivity contribution in [2.24, 2.45) is 34.5 Å². The first-order valence-electron chi connectivity index (χ1n) is 17.5. The number of anilines is 1. The predicted molar refractivity (Wildman–Crippen MR) is 185 cm³/mol. The third-order valence-corrected chi connectivity index (χ3v) is 12.2. The molecule has 2 saturated carbocycles. The first kappa shape index (κ1) is 30.9. The number of pyridine rings is 2. The number of hydrogen-bond donors (Lipinski definition) is 0. The molecule has 246 valence electrons. The molecule has 0 N–H and O–H groups in total. The van der Waals surface area contributed by atoms with Gasteiger partial charge in [0.15, 0.2) is 11.6 Å². The Bertz CT molecular complexity index is 1830. The van der Waals surface area contributed by atoms with Crippen LogP contribution in [-0.4, -0.2) is 74.3 Å². The van der Waals surface area contributed by atoms with Gasteiger partial charge in [-0.05, 0) is 92.2 Å². The Labute approximate surface area is 282 Å². The van der Waals surface area contributed by atoms with Crippen molar-refractivity contribution in [3.63, 3.8) is 0 Å². The van der Waals surface area contributed by atoms with E-state index in [1.807, 2.05) is 42.5 Å². The zero-order valence-electron chi connectivity index (χ0n) is 28.0. The van der Waals surface area contributed by atoms with Crippen LogP contribution in [0.5, 0.6) is 0 Å². The number of aromatic nitrogens is 5. The third-order valence-electron chi connectivity index (χ3n) is 12.2. The van der Waals surface area contributed by atoms with Gasteiger partial charge in [0, 0.05) is 49.9 Å². The highest BCUT2D eigenvalue weighted by Crippen LogP contribution is 2.65. The van der Waals surface area contributed by atoms with E-state index in [9.17, 15) is 9.59 Å². The molecule has 0 radical (unpaired) electrons. The molecule has 0 unspecified atom stereocenters. The molecule has 4 heterocycles. The molecule has 4 aliphatic carbocycles. The van der Waals surface area contributed by atoms with Gasteiger partial charge in [0.1, 0.15) is 11.4 Å². The molecule has 0 spiro atoms. The van der Waals surface area contributed by atoms with Crippen molar-refractivity contribution < 1.29 is 9.59 Å². The fourth-order valence-corrected chi connectivity index (χ4v) is 9.81. The normalized spacial score (nSPS) is 31.4. The lowest BCUT2D eigenvalue weighted by atomic mass is 9.52. The zero-order chi connectivity index (χ0) is 33.0. The molecule has 0 bridgehead atoms. The van der Waals surface area contributed by atoms with Gasteiger partial charge in [-0.1, -0.05) is 49.3 Å². The lowest BCUT2D eigenvalue weighted by Crippen LogP contribution is -2.51. The summed E-state index contributed by atoms with van der Waals surface area (Å²) >= 11 is 0. The summed E-state index contributed by atoms with van der Waals surface area (Å²) in [4.78, 5) is 44.8. The summed E-state index contributed by atoms with van der Waals surface area (Å²) in [5.74, 6) is 2.45. The van der Waals surface area contributed by atoms with Crippen LogP contribution >= 0.6 is 0 Å². The van der Waals surface area contributed by atoms with Crippen molar-refractivity contribution in [2.45, 2.75) is 46.5 Å². The topological polar surface area (TPSA) is 105 Å². The number of hydrogen-bond acceptors (Lipinski definition) is 9. The van der Waals surface area contributed by atoms with Gasteiger partial charge in [0.25, 0.3) is 0 Å². The molecule has 1 saturated heterocycles. The number of Topliss-reactive ketones (excluding diaryl/α,β-unsaturated/α-hetero) is 1. The summed E-state index contributed by atoms with van der Waals surface area (Å²) in [6.07, 6.45) is 15.8. The van der Waals surface area contributed by atoms with Crippen LogP contribution in [0.2, 0.25) is 0 Å². The van der Waals surface area contributed by atoms with E-state index in [-0.39, 0.29) is 22.5 Å². The fourth-order valence-electron chi connectivity index (χ4n) is 9.81. The average molecular weight is 642 g/mol. The molecular weight excluding hydrogens is 598 g/mol. The van der Waals surface area contributed by atoms with Gasteiger partial charge >= 0.3 is 0 Å². The van der Waals surface area contributed by atoms with Gasteiger partial charge in [-0.15, -0.1) is 10.2 Å². The van der Waals surface area contributed by atoms with Crippen LogP contribution in [0, 0.1) is 34.5 Å². The van der Waals surface area contributed by atoms with Crippen LogP contribution in [0.3, 0.4) is 0 Å². The highest BCUT2D eigenvalue weighted by Gasteiger charge is 2.59. The smallest absolute Gasteiger partial charge is 0.246 e. The Morgan fingerprint density at radius 1 is 0.958 bits per heavy atom. The highest BCUT2D eigenvalue weighted by atomic mass is 16.1. The molecule has 6 atom stereocenters. The fraction of sp³-hybridized carbons (Fsp3) is 0.462. The number of allylic oxidation sites excluding steroid dienone is 6. The van der Waals surface area contributed by atoms with E-state index in [2.05, 4.69) is 62.9 Å². The number of carbonyl (C=O) groups is 2. The second-order valence-corrected chi connectivity index (χ2v) is 14.9. The number of carbonyl (C=O) groups excluding carboxylic acids is 2. The van der Waals surface area contributed by atoms with Gasteiger partial charge in [0.2, 0.25) is 5.95 Å². The van der Waals surface area contributed by atoms with Crippen LogP contribution in [-0.2, 0) is 9.59 Å². The van der Waals surface area contributed by atoms with Gasteiger partial charge in [0.05, 0.1) is 17.9 Å². The molecule has 3 fully saturated rings. The molecule has 0 aromatic carbocycles. The van der Waals surface area contributed by atoms with Crippen molar-refractivity contribution in [3.8, 4) is 22.8 Å². The number of piperazine rings is 1. The van der Waals surface area contributed by atoms with Crippen LogP contribution in [0.4, 0.5) is 5.95 Å². The van der Waals surface area contributed by atoms with Gasteiger partial charge in [-0.2, -0.15) is 0 Å². The summed E-state index contributed by atoms with van der Waals surface area (Å²) in [5, 5.41) is 9.11. The first-order chi connectivity index (χ1) is 23.2. The molecule has 8 rings (SSSR count). The molecular formula is C39H43N7O2. The molecule has 3 aromatic heterocycles. The number of rotatable bonds is 6. The van der Waals surface area contributed by atoms with Crippen molar-refractivity contribution in [2.75, 3.05) is 37.6 Å². The van der Waals surface area contributed by atoms with Gasteiger partial charge in [-0.3, -0.25) is 24.5 Å². The first-order valence-corrected chi connectivity index (χ1v) is 17.5. The van der Waals surface area contributed by atoms with E-state index in [1.165, 1.54) is 11.1 Å². The van der Waals surface area contributed by atoms with Crippen molar-refractivity contribution >= 4 is 17.5 Å². The quantitative estimate of drug-likeness (QED) is 0.310. The molecule has 1 aliphatic heterocycles. The maximum atomic E-state index is 14.2. The second-order valence-electron chi connectivity index (χ2n) is 14.9. The summed E-state index contributed by atoms with van der Waals surface area (Å²) in [7, 11) is 0. The van der Waals surface area contributed by atoms with Gasteiger partial charge in [-0.25, -0.2) is 4.98 Å². The molecule has 9 heteroatoms. The van der Waals surface area contributed by atoms with Crippen LogP contribution in [0.1, 0.15) is 46.5 Å². The van der Waals surface area contributed by atoms with Crippen LogP contribution < -0.4 is 4.90 Å². The Hall–Kier alpha value is -4.37. The van der Waals surface area contributed by atoms with E-state index in [1.54, 1.807) is 18.5 Å². The minimum Gasteiger partial charge on any atom is -0.337 e. The zero-order valence-corrected chi connectivity index (χ0v) is 28.0. The SMILES string of the molecule is C[C@@H]1C[C@H]2[C@@H]3CCC4=CC(=O)C=C[C@]4(C)C3=CC[C@]2(C)[C@H]1C(=O)CN1CCN(c2nnc(-c3ccccn3)c(-c3ccccn3)n2)CC1. The summed E-state index contributed by atoms with van der Waals surface area (Å²) in [6, 6.07) is 11.5. The van der Waals surface area contributed by atoms with Crippen molar-refractivity contribution in [1.29, 1.82) is 0 Å². The third kappa shape index (κ3) is 5.14. The second kappa shape index (κ2) is 11.9. The number of nitrogens with zero attached hydrogens (tertiary/aromatic N) is 7. The summed E-state index contributed by atoms with van der Waals surface area (Å²) < 4.78 is 0. The highest BCUT2D eigenvalue weighted by molar-refractivity contribution is 6.01. The Morgan fingerprint density at radius 3 is 2.40 bits per heavy atom. The molecule has 9 nitrogen and oxygen atoms in total. The maximum Gasteiger partial charge on any atom is 0.246 e. The number of ketones is 2. The minimum atomic E-state index is -0.153. The molecule has 3 aromatic rings. The van der Waals surface area contributed by atoms with Gasteiger partial charge < -0.3 is 4.90 Å². The van der Waals surface area contributed by atoms with E-state index < -0.39 is 0 Å². The molecule has 48 heavy (non-hydrogen) atoms. The Morgan fingerprint density at radius 2 is 1.69 bits per heavy atom. The lowest BCUT2D eigenvalue weighted by molar-refractivity contribution is -0.129. The van der Waals surface area contributed by atoms with Crippen molar-refractivity contribution in [1.82, 2.24) is 30.0 Å². The predicted octanol–water partition coefficient (Wildman–Crippen LogP) is 5.78. The largest absolute Gasteiger partial charge is 0.337 e. The van der Waals surface area contributed by atoms with Crippen LogP contribution in [0.15, 0.2) is 84.2 Å². The minimum absolute atomic E-state index is 0.0327. The van der Waals surface area contributed by atoms with E-state index in [0.717, 1.165) is 57.6 Å². The summed E-state index contributed by atoms with van der Waals surface area (Å²) in [6.45, 7) is 10.4.